The largest absolute Gasteiger partial charge is 0.454 e. The van der Waals surface area contributed by atoms with Gasteiger partial charge in [0.15, 0.2) is 11.5 Å². The molecule has 3 rings (SSSR count). The Morgan fingerprint density at radius 3 is 2.67 bits per heavy atom. The Hall–Kier alpha value is -1.97. The monoisotopic (exact) mass is 286 g/mol. The van der Waals surface area contributed by atoms with Gasteiger partial charge in [-0.1, -0.05) is 13.8 Å². The highest BCUT2D eigenvalue weighted by Crippen LogP contribution is 2.37. The number of ether oxygens (including phenoxy) is 2. The van der Waals surface area contributed by atoms with E-state index in [1.54, 1.807) is 0 Å². The molecule has 2 heterocycles. The molecule has 0 radical (unpaired) electrons. The lowest BCUT2D eigenvalue weighted by molar-refractivity contribution is 0.174. The van der Waals surface area contributed by atoms with Gasteiger partial charge in [-0.25, -0.2) is 4.98 Å². The van der Waals surface area contributed by atoms with Crippen molar-refractivity contribution in [2.24, 2.45) is 5.92 Å². The van der Waals surface area contributed by atoms with Gasteiger partial charge in [-0.3, -0.25) is 0 Å². The van der Waals surface area contributed by atoms with Gasteiger partial charge in [-0.2, -0.15) is 0 Å². The molecule has 1 atom stereocenters. The van der Waals surface area contributed by atoms with Crippen molar-refractivity contribution in [3.63, 3.8) is 0 Å². The number of nitrogens with zero attached hydrogens (tertiary/aromatic N) is 1. The molecule has 1 aliphatic heterocycles. The summed E-state index contributed by atoms with van der Waals surface area (Å²) in [6.45, 7) is 7.01. The predicted octanol–water partition coefficient (Wildman–Crippen LogP) is 4.20. The number of anilines is 1. The molecular weight excluding hydrogens is 264 g/mol. The molecule has 0 fully saturated rings. The van der Waals surface area contributed by atoms with E-state index in [0.717, 1.165) is 40.4 Å². The lowest BCUT2D eigenvalue weighted by Gasteiger charge is -2.17. The second-order valence-electron chi connectivity index (χ2n) is 6.10. The summed E-state index contributed by atoms with van der Waals surface area (Å²) in [5.74, 6) is 3.26. The maximum Gasteiger partial charge on any atom is 0.231 e. The molecule has 4 heteroatoms. The summed E-state index contributed by atoms with van der Waals surface area (Å²) in [6, 6.07) is 6.43. The number of benzene rings is 1. The highest BCUT2D eigenvalue weighted by Gasteiger charge is 2.16. The summed E-state index contributed by atoms with van der Waals surface area (Å²) in [5, 5.41) is 5.72. The number of hydrogen-bond donors (Lipinski definition) is 1. The van der Waals surface area contributed by atoms with Gasteiger partial charge in [0.25, 0.3) is 0 Å². The first-order valence-electron chi connectivity index (χ1n) is 7.58. The van der Waals surface area contributed by atoms with E-state index in [1.807, 2.05) is 24.4 Å². The summed E-state index contributed by atoms with van der Waals surface area (Å²) in [5.41, 5.74) is 0. The predicted molar refractivity (Wildman–Crippen MR) is 85.0 cm³/mol. The minimum atomic E-state index is 0.298. The Labute approximate surface area is 125 Å². The Morgan fingerprint density at radius 2 is 1.90 bits per heavy atom. The molecule has 1 aromatic heterocycles. The molecule has 1 aliphatic rings. The Kier molecular flexibility index (Phi) is 3.86. The molecule has 21 heavy (non-hydrogen) atoms. The summed E-state index contributed by atoms with van der Waals surface area (Å²) < 4.78 is 10.9. The van der Waals surface area contributed by atoms with Crippen LogP contribution in [-0.4, -0.2) is 17.8 Å². The lowest BCUT2D eigenvalue weighted by atomic mass is 10.0. The van der Waals surface area contributed by atoms with Crippen molar-refractivity contribution in [3.8, 4) is 11.5 Å². The van der Waals surface area contributed by atoms with E-state index in [2.05, 4.69) is 31.1 Å². The van der Waals surface area contributed by atoms with Crippen LogP contribution in [0.2, 0.25) is 0 Å². The molecule has 0 amide bonds. The van der Waals surface area contributed by atoms with Gasteiger partial charge in [-0.15, -0.1) is 0 Å². The minimum absolute atomic E-state index is 0.298. The van der Waals surface area contributed by atoms with Crippen LogP contribution in [0.5, 0.6) is 11.5 Å². The van der Waals surface area contributed by atoms with Crippen LogP contribution in [-0.2, 0) is 0 Å². The first-order chi connectivity index (χ1) is 10.1. The van der Waals surface area contributed by atoms with Crippen LogP contribution in [0.25, 0.3) is 10.8 Å². The highest BCUT2D eigenvalue weighted by atomic mass is 16.7. The maximum absolute atomic E-state index is 5.47. The van der Waals surface area contributed by atoms with E-state index in [1.165, 1.54) is 6.42 Å². The molecular formula is C17H22N2O2. The van der Waals surface area contributed by atoms with Gasteiger partial charge in [-0.05, 0) is 49.3 Å². The van der Waals surface area contributed by atoms with E-state index < -0.39 is 0 Å². The topological polar surface area (TPSA) is 43.4 Å². The average molecular weight is 286 g/mol. The van der Waals surface area contributed by atoms with E-state index in [-0.39, 0.29) is 0 Å². The first-order valence-corrected chi connectivity index (χ1v) is 7.58. The Morgan fingerprint density at radius 1 is 1.14 bits per heavy atom. The van der Waals surface area contributed by atoms with Gasteiger partial charge in [0, 0.05) is 17.6 Å². The van der Waals surface area contributed by atoms with Crippen molar-refractivity contribution in [1.29, 1.82) is 0 Å². The summed E-state index contributed by atoms with van der Waals surface area (Å²) >= 11 is 0. The van der Waals surface area contributed by atoms with Gasteiger partial charge in [0.2, 0.25) is 6.79 Å². The number of aromatic nitrogens is 1. The minimum Gasteiger partial charge on any atom is -0.454 e. The number of pyridine rings is 1. The SMILES string of the molecule is CC(C)CCC(C)Nc1nccc2cc3c(cc12)OCO3. The molecule has 0 saturated heterocycles. The van der Waals surface area contributed by atoms with Crippen LogP contribution in [0, 0.1) is 5.92 Å². The molecule has 112 valence electrons. The molecule has 0 bridgehead atoms. The van der Waals surface area contributed by atoms with Gasteiger partial charge >= 0.3 is 0 Å². The van der Waals surface area contributed by atoms with E-state index in [0.29, 0.717) is 12.8 Å². The fourth-order valence-electron chi connectivity index (χ4n) is 2.57. The van der Waals surface area contributed by atoms with Gasteiger partial charge < -0.3 is 14.8 Å². The quantitative estimate of drug-likeness (QED) is 0.894. The summed E-state index contributed by atoms with van der Waals surface area (Å²) in [4.78, 5) is 4.49. The third-order valence-corrected chi connectivity index (χ3v) is 3.82. The fraction of sp³-hybridized carbons (Fsp3) is 0.471. The van der Waals surface area contributed by atoms with Crippen LogP contribution in [0.1, 0.15) is 33.6 Å². The second-order valence-corrected chi connectivity index (χ2v) is 6.10. The Balaban J connectivity index is 1.85. The van der Waals surface area contributed by atoms with Crippen LogP contribution >= 0.6 is 0 Å². The zero-order valence-corrected chi connectivity index (χ0v) is 12.8. The third kappa shape index (κ3) is 3.04. The molecule has 0 aliphatic carbocycles. The van der Waals surface area contributed by atoms with Gasteiger partial charge in [0.05, 0.1) is 0 Å². The van der Waals surface area contributed by atoms with Crippen LogP contribution in [0.3, 0.4) is 0 Å². The molecule has 1 N–H and O–H groups in total. The van der Waals surface area contributed by atoms with Crippen molar-refractivity contribution in [1.82, 2.24) is 4.98 Å². The van der Waals surface area contributed by atoms with E-state index >= 15 is 0 Å². The van der Waals surface area contributed by atoms with Crippen LogP contribution in [0.15, 0.2) is 24.4 Å². The fourth-order valence-corrected chi connectivity index (χ4v) is 2.57. The zero-order chi connectivity index (χ0) is 14.8. The van der Waals surface area contributed by atoms with E-state index in [9.17, 15) is 0 Å². The molecule has 4 nitrogen and oxygen atoms in total. The average Bonchev–Trinajstić information content (AvgIpc) is 2.90. The van der Waals surface area contributed by atoms with E-state index in [4.69, 9.17) is 9.47 Å². The number of nitrogens with one attached hydrogen (secondary N) is 1. The molecule has 0 saturated carbocycles. The van der Waals surface area contributed by atoms with Crippen LogP contribution in [0.4, 0.5) is 5.82 Å². The van der Waals surface area contributed by atoms with Gasteiger partial charge in [0.1, 0.15) is 5.82 Å². The second kappa shape index (κ2) is 5.80. The smallest absolute Gasteiger partial charge is 0.231 e. The third-order valence-electron chi connectivity index (χ3n) is 3.82. The van der Waals surface area contributed by atoms with Crippen molar-refractivity contribution >= 4 is 16.6 Å². The Bertz CT molecular complexity index is 640. The van der Waals surface area contributed by atoms with Crippen molar-refractivity contribution < 1.29 is 9.47 Å². The summed E-state index contributed by atoms with van der Waals surface area (Å²) in [6.07, 6.45) is 4.19. The zero-order valence-electron chi connectivity index (χ0n) is 12.8. The molecule has 1 unspecified atom stereocenters. The number of rotatable bonds is 5. The number of hydrogen-bond acceptors (Lipinski definition) is 4. The maximum atomic E-state index is 5.47. The van der Waals surface area contributed by atoms with Crippen molar-refractivity contribution in [2.45, 2.75) is 39.7 Å². The normalized spacial score (nSPS) is 14.7. The first kappa shape index (κ1) is 14.0. The highest BCUT2D eigenvalue weighted by molar-refractivity contribution is 5.94. The van der Waals surface area contributed by atoms with Crippen molar-refractivity contribution in [2.75, 3.05) is 12.1 Å². The summed E-state index contributed by atoms with van der Waals surface area (Å²) in [7, 11) is 0. The molecule has 0 spiro atoms. The van der Waals surface area contributed by atoms with Crippen molar-refractivity contribution in [3.05, 3.63) is 24.4 Å². The lowest BCUT2D eigenvalue weighted by Crippen LogP contribution is -2.16. The molecule has 2 aromatic rings. The van der Waals surface area contributed by atoms with Crippen LogP contribution < -0.4 is 14.8 Å². The number of fused-ring (bicyclic) bond motifs is 2. The standard InChI is InChI=1S/C17H22N2O2/c1-11(2)4-5-12(3)19-17-14-9-16-15(20-10-21-16)8-13(14)6-7-18-17/h6-9,11-12H,4-5,10H2,1-3H3,(H,18,19). The molecule has 1 aromatic carbocycles.